The van der Waals surface area contributed by atoms with Crippen LogP contribution in [0.4, 0.5) is 0 Å². The predicted octanol–water partition coefficient (Wildman–Crippen LogP) is 3.69. The number of ether oxygens (including phenoxy) is 1. The number of rotatable bonds is 5. The van der Waals surface area contributed by atoms with Crippen molar-refractivity contribution in [3.8, 4) is 0 Å². The molecule has 0 saturated carbocycles. The summed E-state index contributed by atoms with van der Waals surface area (Å²) in [5, 5.41) is 2.79. The third-order valence-electron chi connectivity index (χ3n) is 3.34. The smallest absolute Gasteiger partial charge is 0.342 e. The van der Waals surface area contributed by atoms with E-state index in [0.717, 1.165) is 10.0 Å². The summed E-state index contributed by atoms with van der Waals surface area (Å²) in [5.74, 6) is 0.179. The Hall–Kier alpha value is -2.08. The molecule has 0 fully saturated rings. The average molecular weight is 380 g/mol. The zero-order valence-corrected chi connectivity index (χ0v) is 14.8. The fourth-order valence-electron chi connectivity index (χ4n) is 2.23. The van der Waals surface area contributed by atoms with Crippen molar-refractivity contribution in [3.63, 3.8) is 0 Å². The fraction of sp³-hybridized carbons (Fsp3) is 0.294. The number of halogens is 1. The van der Waals surface area contributed by atoms with Crippen LogP contribution in [-0.2, 0) is 9.53 Å². The maximum atomic E-state index is 11.9. The second kappa shape index (κ2) is 7.46. The van der Waals surface area contributed by atoms with Gasteiger partial charge in [-0.05, 0) is 38.5 Å². The Bertz CT molecular complexity index is 723. The van der Waals surface area contributed by atoms with E-state index in [1.54, 1.807) is 19.9 Å². The van der Waals surface area contributed by atoms with Crippen molar-refractivity contribution in [2.75, 3.05) is 6.61 Å². The lowest BCUT2D eigenvalue weighted by Crippen LogP contribution is -2.31. The Balaban J connectivity index is 1.89. The zero-order chi connectivity index (χ0) is 17.0. The van der Waals surface area contributed by atoms with Crippen LogP contribution in [0.5, 0.6) is 0 Å². The number of carbonyl (C=O) groups is 2. The maximum absolute atomic E-state index is 11.9. The van der Waals surface area contributed by atoms with Crippen LogP contribution in [0.2, 0.25) is 0 Å². The fourth-order valence-corrected chi connectivity index (χ4v) is 2.86. The first-order valence-corrected chi connectivity index (χ1v) is 7.95. The number of nitrogens with one attached hydrogen (secondary N) is 1. The molecule has 1 aromatic carbocycles. The molecule has 0 aliphatic carbocycles. The molecule has 0 aliphatic heterocycles. The minimum Gasteiger partial charge on any atom is -0.466 e. The number of carbonyl (C=O) groups excluding carboxylic acids is 2. The lowest BCUT2D eigenvalue weighted by atomic mass is 10.1. The molecule has 0 saturated heterocycles. The molecule has 1 aromatic heterocycles. The van der Waals surface area contributed by atoms with Crippen LogP contribution >= 0.6 is 15.9 Å². The SMILES string of the molecule is Cc1cc(C(=O)OCC(=O)N[C@H](C)c2ccccc2Br)c(C)o1. The van der Waals surface area contributed by atoms with Gasteiger partial charge in [-0.25, -0.2) is 4.79 Å². The predicted molar refractivity (Wildman–Crippen MR) is 89.2 cm³/mol. The molecule has 0 radical (unpaired) electrons. The van der Waals surface area contributed by atoms with Gasteiger partial charge in [0, 0.05) is 4.47 Å². The second-order valence-electron chi connectivity index (χ2n) is 5.21. The van der Waals surface area contributed by atoms with E-state index in [9.17, 15) is 9.59 Å². The number of hydrogen-bond acceptors (Lipinski definition) is 4. The number of amides is 1. The highest BCUT2D eigenvalue weighted by atomic mass is 79.9. The first-order chi connectivity index (χ1) is 10.9. The minimum atomic E-state index is -0.567. The summed E-state index contributed by atoms with van der Waals surface area (Å²) in [4.78, 5) is 23.9. The van der Waals surface area contributed by atoms with Gasteiger partial charge in [0.1, 0.15) is 17.1 Å². The summed E-state index contributed by atoms with van der Waals surface area (Å²) in [6, 6.07) is 9.01. The third kappa shape index (κ3) is 4.45. The Morgan fingerprint density at radius 3 is 2.61 bits per heavy atom. The lowest BCUT2D eigenvalue weighted by Gasteiger charge is -2.15. The van der Waals surface area contributed by atoms with Crippen LogP contribution in [-0.4, -0.2) is 18.5 Å². The Kier molecular flexibility index (Phi) is 5.60. The molecule has 6 heteroatoms. The standard InChI is InChI=1S/C17H18BrNO4/c1-10-8-14(12(3)23-10)17(21)22-9-16(20)19-11(2)13-6-4-5-7-15(13)18/h4-8,11H,9H2,1-3H3,(H,19,20)/t11-/m1/s1. The quantitative estimate of drug-likeness (QED) is 0.804. The lowest BCUT2D eigenvalue weighted by molar-refractivity contribution is -0.124. The van der Waals surface area contributed by atoms with E-state index in [0.29, 0.717) is 17.1 Å². The van der Waals surface area contributed by atoms with Crippen molar-refractivity contribution in [2.24, 2.45) is 0 Å². The molecule has 1 amide bonds. The highest BCUT2D eigenvalue weighted by Crippen LogP contribution is 2.22. The Labute approximate surface area is 143 Å². The summed E-state index contributed by atoms with van der Waals surface area (Å²) in [6.07, 6.45) is 0. The molecule has 23 heavy (non-hydrogen) atoms. The van der Waals surface area contributed by atoms with Gasteiger partial charge in [-0.3, -0.25) is 4.79 Å². The maximum Gasteiger partial charge on any atom is 0.342 e. The number of benzene rings is 1. The van der Waals surface area contributed by atoms with Crippen molar-refractivity contribution in [3.05, 3.63) is 57.5 Å². The van der Waals surface area contributed by atoms with Crippen molar-refractivity contribution in [1.29, 1.82) is 0 Å². The minimum absolute atomic E-state index is 0.199. The molecule has 0 aliphatic rings. The first kappa shape index (κ1) is 17.3. The van der Waals surface area contributed by atoms with E-state index in [4.69, 9.17) is 9.15 Å². The molecule has 0 spiro atoms. The average Bonchev–Trinajstić information content (AvgIpc) is 2.84. The van der Waals surface area contributed by atoms with E-state index in [1.165, 1.54) is 0 Å². The number of aryl methyl sites for hydroxylation is 2. The molecule has 2 aromatic rings. The van der Waals surface area contributed by atoms with E-state index in [2.05, 4.69) is 21.2 Å². The van der Waals surface area contributed by atoms with Crippen LogP contribution in [0.15, 0.2) is 39.2 Å². The summed E-state index contributed by atoms with van der Waals surface area (Å²) >= 11 is 3.44. The van der Waals surface area contributed by atoms with E-state index < -0.39 is 5.97 Å². The van der Waals surface area contributed by atoms with Crippen molar-refractivity contribution in [1.82, 2.24) is 5.32 Å². The topological polar surface area (TPSA) is 68.5 Å². The molecule has 5 nitrogen and oxygen atoms in total. The highest BCUT2D eigenvalue weighted by molar-refractivity contribution is 9.10. The van der Waals surface area contributed by atoms with Crippen LogP contribution in [0.3, 0.4) is 0 Å². The van der Waals surface area contributed by atoms with Gasteiger partial charge >= 0.3 is 5.97 Å². The molecule has 2 rings (SSSR count). The Morgan fingerprint density at radius 1 is 1.30 bits per heavy atom. The molecular formula is C17H18BrNO4. The van der Waals surface area contributed by atoms with Crippen LogP contribution in [0.1, 0.15) is 40.4 Å². The third-order valence-corrected chi connectivity index (χ3v) is 4.07. The second-order valence-corrected chi connectivity index (χ2v) is 6.07. The number of furan rings is 1. The Morgan fingerprint density at radius 2 is 2.00 bits per heavy atom. The summed E-state index contributed by atoms with van der Waals surface area (Å²) in [6.45, 7) is 4.95. The number of esters is 1. The van der Waals surface area contributed by atoms with E-state index in [1.807, 2.05) is 31.2 Å². The molecule has 0 bridgehead atoms. The normalized spacial score (nSPS) is 11.8. The van der Waals surface area contributed by atoms with Gasteiger partial charge in [-0.1, -0.05) is 34.1 Å². The van der Waals surface area contributed by atoms with Gasteiger partial charge in [0.2, 0.25) is 0 Å². The molecule has 122 valence electrons. The molecular weight excluding hydrogens is 362 g/mol. The van der Waals surface area contributed by atoms with Crippen molar-refractivity contribution >= 4 is 27.8 Å². The van der Waals surface area contributed by atoms with Gasteiger partial charge in [-0.2, -0.15) is 0 Å². The van der Waals surface area contributed by atoms with Crippen molar-refractivity contribution < 1.29 is 18.7 Å². The first-order valence-electron chi connectivity index (χ1n) is 7.16. The van der Waals surface area contributed by atoms with Gasteiger partial charge in [0.15, 0.2) is 6.61 Å². The summed E-state index contributed by atoms with van der Waals surface area (Å²) < 4.78 is 11.2. The van der Waals surface area contributed by atoms with Crippen LogP contribution in [0.25, 0.3) is 0 Å². The van der Waals surface area contributed by atoms with Gasteiger partial charge in [-0.15, -0.1) is 0 Å². The molecule has 0 unspecified atom stereocenters. The largest absolute Gasteiger partial charge is 0.466 e. The monoisotopic (exact) mass is 379 g/mol. The molecule has 1 heterocycles. The number of hydrogen-bond donors (Lipinski definition) is 1. The van der Waals surface area contributed by atoms with Crippen LogP contribution < -0.4 is 5.32 Å². The van der Waals surface area contributed by atoms with E-state index in [-0.39, 0.29) is 18.6 Å². The molecule has 1 atom stereocenters. The molecule has 1 N–H and O–H groups in total. The van der Waals surface area contributed by atoms with Crippen LogP contribution in [0, 0.1) is 13.8 Å². The van der Waals surface area contributed by atoms with Gasteiger partial charge in [0.25, 0.3) is 5.91 Å². The van der Waals surface area contributed by atoms with Gasteiger partial charge in [0.05, 0.1) is 6.04 Å². The summed E-state index contributed by atoms with van der Waals surface area (Å²) in [5.41, 5.74) is 1.29. The van der Waals surface area contributed by atoms with Gasteiger partial charge < -0.3 is 14.5 Å². The van der Waals surface area contributed by atoms with E-state index >= 15 is 0 Å². The van der Waals surface area contributed by atoms with Crippen molar-refractivity contribution in [2.45, 2.75) is 26.8 Å². The highest BCUT2D eigenvalue weighted by Gasteiger charge is 2.17. The zero-order valence-electron chi connectivity index (χ0n) is 13.2. The summed E-state index contributed by atoms with van der Waals surface area (Å²) in [7, 11) is 0.